The first kappa shape index (κ1) is 16.4. The molecule has 2 rings (SSSR count). The van der Waals surface area contributed by atoms with Crippen LogP contribution in [0.2, 0.25) is 5.02 Å². The van der Waals surface area contributed by atoms with Gasteiger partial charge in [0.05, 0.1) is 5.02 Å². The van der Waals surface area contributed by atoms with Crippen molar-refractivity contribution < 1.29 is 18.3 Å². The summed E-state index contributed by atoms with van der Waals surface area (Å²) in [4.78, 5) is 11.5. The summed E-state index contributed by atoms with van der Waals surface area (Å²) in [5.41, 5.74) is 0. The Balaban J connectivity index is 2.37. The van der Waals surface area contributed by atoms with Gasteiger partial charge >= 0.3 is 5.97 Å². The lowest BCUT2D eigenvalue weighted by atomic mass is 10.3. The molecule has 2 N–H and O–H groups in total. The molecule has 1 unspecified atom stereocenters. The highest BCUT2D eigenvalue weighted by atomic mass is 79.9. The van der Waals surface area contributed by atoms with Gasteiger partial charge in [0.25, 0.3) is 0 Å². The highest BCUT2D eigenvalue weighted by Crippen LogP contribution is 2.27. The van der Waals surface area contributed by atoms with Crippen molar-refractivity contribution in [1.82, 2.24) is 4.72 Å². The van der Waals surface area contributed by atoms with Crippen LogP contribution in [0.3, 0.4) is 0 Å². The van der Waals surface area contributed by atoms with Gasteiger partial charge in [0.2, 0.25) is 10.0 Å². The van der Waals surface area contributed by atoms with Crippen LogP contribution in [0.25, 0.3) is 0 Å². The number of carboxylic acids is 1. The number of hydrogen-bond acceptors (Lipinski definition) is 4. The first-order valence-electron chi connectivity index (χ1n) is 5.55. The molecule has 1 aromatic carbocycles. The van der Waals surface area contributed by atoms with Gasteiger partial charge in [-0.05, 0) is 29.6 Å². The van der Waals surface area contributed by atoms with Crippen LogP contribution in [0.1, 0.15) is 10.9 Å². The molecule has 0 bridgehead atoms. The number of thiophene rings is 1. The maximum absolute atomic E-state index is 12.3. The highest BCUT2D eigenvalue weighted by Gasteiger charge is 2.28. The fourth-order valence-electron chi connectivity index (χ4n) is 1.60. The molecule has 0 spiro atoms. The summed E-state index contributed by atoms with van der Waals surface area (Å²) in [5, 5.41) is 10.9. The summed E-state index contributed by atoms with van der Waals surface area (Å²) in [6.07, 6.45) is 0. The zero-order valence-electron chi connectivity index (χ0n) is 10.3. The van der Waals surface area contributed by atoms with E-state index in [-0.39, 0.29) is 9.92 Å². The molecule has 0 amide bonds. The largest absolute Gasteiger partial charge is 0.480 e. The normalized spacial score (nSPS) is 13.0. The zero-order valence-corrected chi connectivity index (χ0v) is 14.3. The lowest BCUT2D eigenvalue weighted by Crippen LogP contribution is -2.33. The average Bonchev–Trinajstić information content (AvgIpc) is 2.88. The van der Waals surface area contributed by atoms with E-state index >= 15 is 0 Å². The van der Waals surface area contributed by atoms with Crippen molar-refractivity contribution in [3.05, 3.63) is 50.1 Å². The van der Waals surface area contributed by atoms with E-state index in [0.29, 0.717) is 9.35 Å². The molecule has 0 saturated heterocycles. The van der Waals surface area contributed by atoms with Crippen LogP contribution in [-0.2, 0) is 14.8 Å². The predicted octanol–water partition coefficient (Wildman–Crippen LogP) is 3.27. The second kappa shape index (κ2) is 6.45. The van der Waals surface area contributed by atoms with Gasteiger partial charge in [-0.2, -0.15) is 4.72 Å². The number of benzene rings is 1. The van der Waals surface area contributed by atoms with E-state index in [0.717, 1.165) is 11.3 Å². The highest BCUT2D eigenvalue weighted by molar-refractivity contribution is 9.10. The third-order valence-corrected chi connectivity index (χ3v) is 5.87. The molecule has 2 aromatic rings. The predicted molar refractivity (Wildman–Crippen MR) is 84.2 cm³/mol. The Labute approximate surface area is 138 Å². The minimum Gasteiger partial charge on any atom is -0.480 e. The van der Waals surface area contributed by atoms with Gasteiger partial charge in [-0.1, -0.05) is 33.6 Å². The van der Waals surface area contributed by atoms with Crippen molar-refractivity contribution in [2.45, 2.75) is 10.9 Å². The van der Waals surface area contributed by atoms with Gasteiger partial charge in [-0.15, -0.1) is 11.3 Å². The van der Waals surface area contributed by atoms with Crippen molar-refractivity contribution in [2.24, 2.45) is 0 Å². The van der Waals surface area contributed by atoms with Gasteiger partial charge in [0.15, 0.2) is 6.04 Å². The van der Waals surface area contributed by atoms with Gasteiger partial charge in [0, 0.05) is 9.35 Å². The fourth-order valence-corrected chi connectivity index (χ4v) is 4.65. The topological polar surface area (TPSA) is 83.5 Å². The van der Waals surface area contributed by atoms with Crippen LogP contribution < -0.4 is 4.72 Å². The maximum atomic E-state index is 12.3. The zero-order chi connectivity index (χ0) is 15.6. The molecule has 1 aromatic heterocycles. The monoisotopic (exact) mass is 409 g/mol. The van der Waals surface area contributed by atoms with Crippen LogP contribution in [0.5, 0.6) is 0 Å². The van der Waals surface area contributed by atoms with Crippen LogP contribution in [0, 0.1) is 0 Å². The first-order chi connectivity index (χ1) is 9.81. The van der Waals surface area contributed by atoms with E-state index in [4.69, 9.17) is 11.6 Å². The molecule has 0 saturated carbocycles. The maximum Gasteiger partial charge on any atom is 0.327 e. The SMILES string of the molecule is O=C(O)C(NS(=O)(=O)c1ccc(Br)cc1Cl)c1cccs1. The number of carbonyl (C=O) groups is 1. The number of rotatable bonds is 5. The quantitative estimate of drug-likeness (QED) is 0.792. The van der Waals surface area contributed by atoms with Crippen molar-refractivity contribution in [3.8, 4) is 0 Å². The second-order valence-corrected chi connectivity index (χ2v) is 7.97. The lowest BCUT2D eigenvalue weighted by molar-refractivity contribution is -0.139. The van der Waals surface area contributed by atoms with E-state index in [1.807, 2.05) is 0 Å². The summed E-state index contributed by atoms with van der Waals surface area (Å²) in [5.74, 6) is -1.28. The number of nitrogens with one attached hydrogen (secondary N) is 1. The van der Waals surface area contributed by atoms with E-state index in [1.165, 1.54) is 18.2 Å². The molecule has 0 fully saturated rings. The van der Waals surface area contributed by atoms with Gasteiger partial charge in [-0.3, -0.25) is 4.79 Å². The first-order valence-corrected chi connectivity index (χ1v) is 9.08. The fraction of sp³-hybridized carbons (Fsp3) is 0.0833. The van der Waals surface area contributed by atoms with Crippen molar-refractivity contribution in [3.63, 3.8) is 0 Å². The Morgan fingerprint density at radius 3 is 2.62 bits per heavy atom. The van der Waals surface area contributed by atoms with E-state index in [9.17, 15) is 18.3 Å². The van der Waals surface area contributed by atoms with Crippen LogP contribution in [0.15, 0.2) is 45.1 Å². The molecule has 0 aliphatic carbocycles. The number of carboxylic acid groups (broad SMARTS) is 1. The lowest BCUT2D eigenvalue weighted by Gasteiger charge is -2.14. The summed E-state index contributed by atoms with van der Waals surface area (Å²) < 4.78 is 27.4. The molecule has 9 heteroatoms. The Morgan fingerprint density at radius 1 is 1.38 bits per heavy atom. The van der Waals surface area contributed by atoms with Crippen LogP contribution in [0.4, 0.5) is 0 Å². The third kappa shape index (κ3) is 3.83. The Hall–Kier alpha value is -0.930. The Bertz CT molecular complexity index is 762. The minimum atomic E-state index is -4.05. The number of hydrogen-bond donors (Lipinski definition) is 2. The van der Waals surface area contributed by atoms with Crippen molar-refractivity contribution in [2.75, 3.05) is 0 Å². The molecule has 1 heterocycles. The third-order valence-electron chi connectivity index (χ3n) is 2.53. The van der Waals surface area contributed by atoms with Gasteiger partial charge in [-0.25, -0.2) is 8.42 Å². The standard InChI is InChI=1S/C12H9BrClNO4S2/c13-7-3-4-10(8(14)6-7)21(18,19)15-11(12(16)17)9-2-1-5-20-9/h1-6,11,15H,(H,16,17). The summed E-state index contributed by atoms with van der Waals surface area (Å²) >= 11 is 10.2. The van der Waals surface area contributed by atoms with E-state index < -0.39 is 22.0 Å². The second-order valence-electron chi connectivity index (χ2n) is 3.98. The molecule has 112 valence electrons. The number of halogens is 2. The summed E-state index contributed by atoms with van der Waals surface area (Å²) in [7, 11) is -4.05. The van der Waals surface area contributed by atoms with Crippen LogP contribution >= 0.6 is 38.9 Å². The smallest absolute Gasteiger partial charge is 0.327 e. The Morgan fingerprint density at radius 2 is 2.10 bits per heavy atom. The molecular weight excluding hydrogens is 402 g/mol. The molecule has 5 nitrogen and oxygen atoms in total. The molecule has 1 atom stereocenters. The van der Waals surface area contributed by atoms with Gasteiger partial charge in [0.1, 0.15) is 4.90 Å². The van der Waals surface area contributed by atoms with E-state index in [1.54, 1.807) is 17.5 Å². The van der Waals surface area contributed by atoms with E-state index in [2.05, 4.69) is 20.7 Å². The van der Waals surface area contributed by atoms with Crippen molar-refractivity contribution in [1.29, 1.82) is 0 Å². The van der Waals surface area contributed by atoms with Crippen LogP contribution in [-0.4, -0.2) is 19.5 Å². The number of sulfonamides is 1. The number of aliphatic carboxylic acids is 1. The van der Waals surface area contributed by atoms with Gasteiger partial charge < -0.3 is 5.11 Å². The Kier molecular flexibility index (Phi) is 5.05. The molecule has 0 aliphatic rings. The minimum absolute atomic E-state index is 0.00666. The summed E-state index contributed by atoms with van der Waals surface area (Å²) in [6, 6.07) is 6.10. The molecular formula is C12H9BrClNO4S2. The molecule has 21 heavy (non-hydrogen) atoms. The van der Waals surface area contributed by atoms with Crippen molar-refractivity contribution >= 4 is 54.9 Å². The molecule has 0 radical (unpaired) electrons. The molecule has 0 aliphatic heterocycles. The summed E-state index contributed by atoms with van der Waals surface area (Å²) in [6.45, 7) is 0. The average molecular weight is 411 g/mol.